The third-order valence-corrected chi connectivity index (χ3v) is 3.26. The lowest BCUT2D eigenvalue weighted by molar-refractivity contribution is 0.0696. The van der Waals surface area contributed by atoms with Crippen LogP contribution in [-0.2, 0) is 0 Å². The number of rotatable bonds is 7. The second kappa shape index (κ2) is 7.49. The molecule has 1 amide bonds. The molecule has 1 heterocycles. The maximum absolute atomic E-state index is 11.8. The highest BCUT2D eigenvalue weighted by Crippen LogP contribution is 2.25. The maximum atomic E-state index is 11.8. The van der Waals surface area contributed by atoms with Gasteiger partial charge in [-0.15, -0.1) is 0 Å². The number of carboxylic acid groups (broad SMARTS) is 1. The number of carbonyl (C=O) groups excluding carboxylic acids is 1. The van der Waals surface area contributed by atoms with Gasteiger partial charge in [-0.1, -0.05) is 32.0 Å². The zero-order valence-electron chi connectivity index (χ0n) is 13.0. The number of hydrogen-bond donors (Lipinski definition) is 2. The molecule has 0 aliphatic heterocycles. The number of hydrogen-bond acceptors (Lipinski definition) is 4. The lowest BCUT2D eigenvalue weighted by atomic mass is 10.0. The zero-order chi connectivity index (χ0) is 16.8. The average Bonchev–Trinajstić information content (AvgIpc) is 3.02. The zero-order valence-corrected chi connectivity index (χ0v) is 13.0. The molecule has 0 spiro atoms. The van der Waals surface area contributed by atoms with E-state index in [9.17, 15) is 9.59 Å². The summed E-state index contributed by atoms with van der Waals surface area (Å²) in [5.74, 6) is -0.508. The van der Waals surface area contributed by atoms with E-state index in [1.54, 1.807) is 0 Å². The summed E-state index contributed by atoms with van der Waals surface area (Å²) in [6.07, 6.45) is 1.03. The summed E-state index contributed by atoms with van der Waals surface area (Å²) < 4.78 is 10.6. The van der Waals surface area contributed by atoms with E-state index in [1.807, 2.05) is 24.3 Å². The van der Waals surface area contributed by atoms with Gasteiger partial charge in [0.25, 0.3) is 5.91 Å². The largest absolute Gasteiger partial charge is 0.491 e. The van der Waals surface area contributed by atoms with Gasteiger partial charge in [-0.25, -0.2) is 4.79 Å². The lowest BCUT2D eigenvalue weighted by Gasteiger charge is -2.13. The lowest BCUT2D eigenvalue weighted by Crippen LogP contribution is -2.27. The van der Waals surface area contributed by atoms with Crippen LogP contribution in [0.5, 0.6) is 5.75 Å². The first kappa shape index (κ1) is 16.6. The number of benzene rings is 1. The molecule has 2 N–H and O–H groups in total. The predicted octanol–water partition coefficient (Wildman–Crippen LogP) is 2.91. The molecular formula is C17H19NO5. The van der Waals surface area contributed by atoms with Gasteiger partial charge in [0.05, 0.1) is 12.1 Å². The van der Waals surface area contributed by atoms with E-state index in [0.29, 0.717) is 12.5 Å². The number of para-hydroxylation sites is 1. The van der Waals surface area contributed by atoms with Crippen molar-refractivity contribution < 1.29 is 23.8 Å². The van der Waals surface area contributed by atoms with Crippen LogP contribution in [0.25, 0.3) is 0 Å². The maximum Gasteiger partial charge on any atom is 0.338 e. The van der Waals surface area contributed by atoms with Crippen molar-refractivity contribution in [3.05, 3.63) is 53.5 Å². The van der Waals surface area contributed by atoms with Crippen molar-refractivity contribution in [1.82, 2.24) is 5.32 Å². The third-order valence-electron chi connectivity index (χ3n) is 3.26. The minimum absolute atomic E-state index is 0.0371. The fraction of sp³-hybridized carbons (Fsp3) is 0.294. The summed E-state index contributed by atoms with van der Waals surface area (Å²) >= 11 is 0. The summed E-state index contributed by atoms with van der Waals surface area (Å²) in [7, 11) is 0. The number of carboxylic acids is 1. The van der Waals surface area contributed by atoms with E-state index in [-0.39, 0.29) is 17.9 Å². The molecule has 1 aromatic carbocycles. The molecule has 6 heteroatoms. The molecule has 1 aromatic heterocycles. The van der Waals surface area contributed by atoms with Crippen molar-refractivity contribution in [3.8, 4) is 5.75 Å². The van der Waals surface area contributed by atoms with Crippen LogP contribution in [0.1, 0.15) is 46.2 Å². The average molecular weight is 317 g/mol. The second-order valence-electron chi connectivity index (χ2n) is 5.30. The highest BCUT2D eigenvalue weighted by atomic mass is 16.5. The molecule has 2 rings (SSSR count). The molecule has 0 saturated heterocycles. The van der Waals surface area contributed by atoms with Crippen LogP contribution in [0.2, 0.25) is 0 Å². The normalized spacial score (nSPS) is 10.6. The van der Waals surface area contributed by atoms with E-state index >= 15 is 0 Å². The van der Waals surface area contributed by atoms with Gasteiger partial charge in [-0.3, -0.25) is 4.79 Å². The van der Waals surface area contributed by atoms with Gasteiger partial charge < -0.3 is 19.6 Å². The summed E-state index contributed by atoms with van der Waals surface area (Å²) in [6.45, 7) is 4.76. The monoisotopic (exact) mass is 317 g/mol. The van der Waals surface area contributed by atoms with E-state index in [4.69, 9.17) is 14.3 Å². The molecule has 0 unspecified atom stereocenters. The topological polar surface area (TPSA) is 88.8 Å². The van der Waals surface area contributed by atoms with Crippen LogP contribution >= 0.6 is 0 Å². The van der Waals surface area contributed by atoms with Crippen molar-refractivity contribution in [2.45, 2.75) is 19.8 Å². The third kappa shape index (κ3) is 4.35. The Morgan fingerprint density at radius 1 is 1.30 bits per heavy atom. The highest BCUT2D eigenvalue weighted by molar-refractivity contribution is 5.95. The standard InChI is InChI=1S/C17H19NO5/c1-11(2)13-5-3-4-6-14(13)22-8-7-18-16(19)15-9-12(10-23-15)17(20)21/h3-6,9-11H,7-8H2,1-2H3,(H,18,19)(H,20,21). The minimum atomic E-state index is -1.14. The van der Waals surface area contributed by atoms with Crippen LogP contribution in [-0.4, -0.2) is 30.1 Å². The van der Waals surface area contributed by atoms with E-state index in [1.165, 1.54) is 6.07 Å². The number of ether oxygens (including phenoxy) is 1. The van der Waals surface area contributed by atoms with Crippen molar-refractivity contribution in [2.75, 3.05) is 13.2 Å². The van der Waals surface area contributed by atoms with Crippen LogP contribution in [0.3, 0.4) is 0 Å². The van der Waals surface area contributed by atoms with Gasteiger partial charge in [0, 0.05) is 6.07 Å². The summed E-state index contributed by atoms with van der Waals surface area (Å²) in [4.78, 5) is 22.5. The van der Waals surface area contributed by atoms with E-state index in [2.05, 4.69) is 19.2 Å². The minimum Gasteiger partial charge on any atom is -0.491 e. The van der Waals surface area contributed by atoms with Gasteiger partial charge >= 0.3 is 5.97 Å². The Labute approximate surface area is 134 Å². The van der Waals surface area contributed by atoms with E-state index in [0.717, 1.165) is 17.6 Å². The van der Waals surface area contributed by atoms with Crippen molar-refractivity contribution in [3.63, 3.8) is 0 Å². The van der Waals surface area contributed by atoms with Crippen LogP contribution in [0, 0.1) is 0 Å². The molecule has 0 aliphatic rings. The molecular weight excluding hydrogens is 298 g/mol. The second-order valence-corrected chi connectivity index (χ2v) is 5.30. The van der Waals surface area contributed by atoms with Crippen LogP contribution < -0.4 is 10.1 Å². The van der Waals surface area contributed by atoms with Crippen molar-refractivity contribution >= 4 is 11.9 Å². The summed E-state index contributed by atoms with van der Waals surface area (Å²) in [5, 5.41) is 11.4. The molecule has 0 saturated carbocycles. The molecule has 23 heavy (non-hydrogen) atoms. The smallest absolute Gasteiger partial charge is 0.338 e. The molecule has 0 atom stereocenters. The number of amides is 1. The summed E-state index contributed by atoms with van der Waals surface area (Å²) in [6, 6.07) is 8.95. The first-order valence-corrected chi connectivity index (χ1v) is 7.30. The number of aromatic carboxylic acids is 1. The SMILES string of the molecule is CC(C)c1ccccc1OCCNC(=O)c1cc(C(=O)O)co1. The summed E-state index contributed by atoms with van der Waals surface area (Å²) in [5.41, 5.74) is 1.05. The Morgan fingerprint density at radius 2 is 2.04 bits per heavy atom. The first-order valence-electron chi connectivity index (χ1n) is 7.30. The molecule has 0 bridgehead atoms. The van der Waals surface area contributed by atoms with Crippen molar-refractivity contribution in [1.29, 1.82) is 0 Å². The fourth-order valence-corrected chi connectivity index (χ4v) is 2.07. The van der Waals surface area contributed by atoms with Gasteiger partial charge in [0.2, 0.25) is 0 Å². The highest BCUT2D eigenvalue weighted by Gasteiger charge is 2.14. The Bertz CT molecular complexity index is 690. The Kier molecular flexibility index (Phi) is 5.41. The fourth-order valence-electron chi connectivity index (χ4n) is 2.07. The van der Waals surface area contributed by atoms with Crippen LogP contribution in [0.4, 0.5) is 0 Å². The molecule has 0 radical (unpaired) electrons. The number of furan rings is 1. The van der Waals surface area contributed by atoms with E-state index < -0.39 is 11.9 Å². The Balaban J connectivity index is 1.83. The van der Waals surface area contributed by atoms with Crippen molar-refractivity contribution in [2.24, 2.45) is 0 Å². The van der Waals surface area contributed by atoms with Gasteiger partial charge in [0.1, 0.15) is 18.6 Å². The first-order chi connectivity index (χ1) is 11.0. The molecule has 0 fully saturated rings. The van der Waals surface area contributed by atoms with Crippen LogP contribution in [0.15, 0.2) is 41.0 Å². The quantitative estimate of drug-likeness (QED) is 0.767. The molecule has 0 aliphatic carbocycles. The van der Waals surface area contributed by atoms with Gasteiger partial charge in [0.15, 0.2) is 5.76 Å². The molecule has 6 nitrogen and oxygen atoms in total. The van der Waals surface area contributed by atoms with Gasteiger partial charge in [-0.2, -0.15) is 0 Å². The number of carbonyl (C=O) groups is 2. The van der Waals surface area contributed by atoms with Gasteiger partial charge in [-0.05, 0) is 17.5 Å². The molecule has 122 valence electrons. The Morgan fingerprint density at radius 3 is 2.70 bits per heavy atom. The predicted molar refractivity (Wildman–Crippen MR) is 84.0 cm³/mol. The number of nitrogens with one attached hydrogen (secondary N) is 1. The molecule has 2 aromatic rings. The Hall–Kier alpha value is -2.76.